The van der Waals surface area contributed by atoms with Gasteiger partial charge in [0.1, 0.15) is 5.58 Å². The Labute approximate surface area is 115 Å². The fourth-order valence-corrected chi connectivity index (χ4v) is 2.26. The summed E-state index contributed by atoms with van der Waals surface area (Å²) >= 11 is 0. The second-order valence-electron chi connectivity index (χ2n) is 4.55. The minimum Gasteiger partial charge on any atom is -0.452 e. The summed E-state index contributed by atoms with van der Waals surface area (Å²) in [5, 5.41) is 0.483. The van der Waals surface area contributed by atoms with Gasteiger partial charge in [0.15, 0.2) is 11.5 Å². The Morgan fingerprint density at radius 2 is 1.60 bits per heavy atom. The lowest BCUT2D eigenvalue weighted by molar-refractivity contribution is 0.0989. The molecule has 2 aromatic carbocycles. The predicted octanol–water partition coefficient (Wildman–Crippen LogP) is 3.66. The van der Waals surface area contributed by atoms with Crippen molar-refractivity contribution >= 4 is 16.8 Å². The van der Waals surface area contributed by atoms with Crippen LogP contribution in [0.2, 0.25) is 0 Å². The van der Waals surface area contributed by atoms with Crippen LogP contribution < -0.4 is 5.43 Å². The van der Waals surface area contributed by atoms with Crippen LogP contribution in [0.4, 0.5) is 0 Å². The van der Waals surface area contributed by atoms with Crippen molar-refractivity contribution in [3.8, 4) is 11.1 Å². The van der Waals surface area contributed by atoms with Crippen molar-refractivity contribution in [2.24, 2.45) is 0 Å². The number of carbonyl (C=O) groups excluding carboxylic acids is 1. The van der Waals surface area contributed by atoms with Gasteiger partial charge in [-0.2, -0.15) is 0 Å². The lowest BCUT2D eigenvalue weighted by Gasteiger charge is -2.07. The van der Waals surface area contributed by atoms with Crippen molar-refractivity contribution in [1.29, 1.82) is 0 Å². The molecule has 0 saturated carbocycles. The van der Waals surface area contributed by atoms with Gasteiger partial charge in [0.05, 0.1) is 10.9 Å². The van der Waals surface area contributed by atoms with E-state index in [4.69, 9.17) is 4.42 Å². The molecule has 3 nitrogen and oxygen atoms in total. The molecule has 1 heterocycles. The van der Waals surface area contributed by atoms with Gasteiger partial charge in [-0.05, 0) is 17.7 Å². The van der Waals surface area contributed by atoms with E-state index in [1.165, 1.54) is 6.92 Å². The third-order valence-corrected chi connectivity index (χ3v) is 3.18. The minimum absolute atomic E-state index is 0.111. The largest absolute Gasteiger partial charge is 0.452 e. The molecule has 0 amide bonds. The summed E-state index contributed by atoms with van der Waals surface area (Å²) in [6.45, 7) is 1.40. The van der Waals surface area contributed by atoms with Gasteiger partial charge in [0.25, 0.3) is 0 Å². The van der Waals surface area contributed by atoms with E-state index >= 15 is 0 Å². The first kappa shape index (κ1) is 12.4. The van der Waals surface area contributed by atoms with Crippen LogP contribution in [0.5, 0.6) is 0 Å². The van der Waals surface area contributed by atoms with Gasteiger partial charge in [-0.25, -0.2) is 0 Å². The van der Waals surface area contributed by atoms with E-state index in [-0.39, 0.29) is 17.0 Å². The van der Waals surface area contributed by atoms with E-state index in [0.29, 0.717) is 22.1 Å². The number of para-hydroxylation sites is 1. The highest BCUT2D eigenvalue weighted by Gasteiger charge is 2.18. The Hall–Kier alpha value is -2.68. The molecule has 0 saturated heterocycles. The molecule has 20 heavy (non-hydrogen) atoms. The summed E-state index contributed by atoms with van der Waals surface area (Å²) < 4.78 is 5.64. The van der Waals surface area contributed by atoms with Crippen molar-refractivity contribution < 1.29 is 9.21 Å². The highest BCUT2D eigenvalue weighted by molar-refractivity contribution is 6.00. The lowest BCUT2D eigenvalue weighted by Crippen LogP contribution is -2.11. The summed E-state index contributed by atoms with van der Waals surface area (Å²) in [5.41, 5.74) is 1.28. The Morgan fingerprint density at radius 1 is 0.950 bits per heavy atom. The summed E-state index contributed by atoms with van der Waals surface area (Å²) in [6.07, 6.45) is 0. The zero-order valence-electron chi connectivity index (χ0n) is 10.9. The fraction of sp³-hybridized carbons (Fsp3) is 0.0588. The third kappa shape index (κ3) is 1.93. The summed E-state index contributed by atoms with van der Waals surface area (Å²) in [4.78, 5) is 24.4. The number of hydrogen-bond donors (Lipinski definition) is 0. The van der Waals surface area contributed by atoms with Crippen molar-refractivity contribution in [3.05, 3.63) is 70.6 Å². The molecular weight excluding hydrogens is 252 g/mol. The Kier molecular flexibility index (Phi) is 2.95. The predicted molar refractivity (Wildman–Crippen MR) is 77.9 cm³/mol. The van der Waals surface area contributed by atoms with Crippen molar-refractivity contribution in [2.45, 2.75) is 6.92 Å². The molecule has 0 bridgehead atoms. The average Bonchev–Trinajstić information content (AvgIpc) is 2.48. The Balaban J connectivity index is 2.46. The summed E-state index contributed by atoms with van der Waals surface area (Å²) in [6, 6.07) is 16.1. The quantitative estimate of drug-likeness (QED) is 0.663. The fourth-order valence-electron chi connectivity index (χ4n) is 2.26. The van der Waals surface area contributed by atoms with Crippen LogP contribution in [-0.4, -0.2) is 5.78 Å². The van der Waals surface area contributed by atoms with Gasteiger partial charge >= 0.3 is 0 Å². The Morgan fingerprint density at radius 3 is 2.30 bits per heavy atom. The van der Waals surface area contributed by atoms with E-state index in [2.05, 4.69) is 0 Å². The molecule has 0 aliphatic rings. The van der Waals surface area contributed by atoms with E-state index in [1.807, 2.05) is 18.2 Å². The molecule has 1 aromatic heterocycles. The van der Waals surface area contributed by atoms with Crippen molar-refractivity contribution in [2.75, 3.05) is 0 Å². The molecule has 0 radical (unpaired) electrons. The Bertz CT molecular complexity index is 845. The number of rotatable bonds is 2. The third-order valence-electron chi connectivity index (χ3n) is 3.18. The standard InChI is InChI=1S/C17H12O3/c1-11(18)17-15(12-7-3-2-4-8-12)16(19)13-9-5-6-10-14(13)20-17/h2-10H,1H3. The molecule has 0 unspecified atom stereocenters. The van der Waals surface area contributed by atoms with Crippen molar-refractivity contribution in [1.82, 2.24) is 0 Å². The molecule has 0 spiro atoms. The second kappa shape index (κ2) is 4.78. The van der Waals surface area contributed by atoms with Crippen LogP contribution in [-0.2, 0) is 0 Å². The van der Waals surface area contributed by atoms with Gasteiger partial charge in [-0.1, -0.05) is 42.5 Å². The van der Waals surface area contributed by atoms with E-state index in [9.17, 15) is 9.59 Å². The molecule has 0 aliphatic carbocycles. The van der Waals surface area contributed by atoms with Crippen LogP contribution in [0, 0.1) is 0 Å². The maximum absolute atomic E-state index is 12.6. The molecule has 0 aliphatic heterocycles. The van der Waals surface area contributed by atoms with Gasteiger partial charge in [-0.15, -0.1) is 0 Å². The molecule has 98 valence electrons. The number of ketones is 1. The second-order valence-corrected chi connectivity index (χ2v) is 4.55. The molecule has 0 atom stereocenters. The van der Waals surface area contributed by atoms with Crippen molar-refractivity contribution in [3.63, 3.8) is 0 Å². The monoisotopic (exact) mass is 264 g/mol. The highest BCUT2D eigenvalue weighted by atomic mass is 16.3. The number of Topliss-reactive ketones (excluding diaryl/α,β-unsaturated/α-hetero) is 1. The first-order valence-corrected chi connectivity index (χ1v) is 6.30. The average molecular weight is 264 g/mol. The van der Waals surface area contributed by atoms with Gasteiger partial charge in [0.2, 0.25) is 5.43 Å². The van der Waals surface area contributed by atoms with Crippen LogP contribution in [0.3, 0.4) is 0 Å². The molecule has 3 rings (SSSR count). The van der Waals surface area contributed by atoms with Gasteiger partial charge in [-0.3, -0.25) is 9.59 Å². The summed E-state index contributed by atoms with van der Waals surface area (Å²) in [5.74, 6) is -0.147. The van der Waals surface area contributed by atoms with E-state index < -0.39 is 0 Å². The van der Waals surface area contributed by atoms with E-state index in [1.54, 1.807) is 36.4 Å². The normalized spacial score (nSPS) is 10.7. The first-order chi connectivity index (χ1) is 9.68. The minimum atomic E-state index is -0.258. The lowest BCUT2D eigenvalue weighted by atomic mass is 10.0. The molecule has 0 N–H and O–H groups in total. The maximum atomic E-state index is 12.6. The number of hydrogen-bond acceptors (Lipinski definition) is 3. The smallest absolute Gasteiger partial charge is 0.201 e. The van der Waals surface area contributed by atoms with E-state index in [0.717, 1.165) is 0 Å². The zero-order valence-corrected chi connectivity index (χ0v) is 10.9. The molecule has 3 aromatic rings. The molecule has 0 fully saturated rings. The van der Waals surface area contributed by atoms with Crippen LogP contribution in [0.25, 0.3) is 22.1 Å². The topological polar surface area (TPSA) is 47.3 Å². The van der Waals surface area contributed by atoms with Gasteiger partial charge in [0, 0.05) is 6.92 Å². The number of benzene rings is 2. The SMILES string of the molecule is CC(=O)c1oc2ccccc2c(=O)c1-c1ccccc1. The highest BCUT2D eigenvalue weighted by Crippen LogP contribution is 2.24. The number of fused-ring (bicyclic) bond motifs is 1. The summed E-state index contributed by atoms with van der Waals surface area (Å²) in [7, 11) is 0. The van der Waals surface area contributed by atoms with Gasteiger partial charge < -0.3 is 4.42 Å². The number of carbonyl (C=O) groups is 1. The maximum Gasteiger partial charge on any atom is 0.201 e. The van der Waals surface area contributed by atoms with Crippen LogP contribution in [0.1, 0.15) is 17.5 Å². The zero-order chi connectivity index (χ0) is 14.1. The molecular formula is C17H12O3. The van der Waals surface area contributed by atoms with Crippen LogP contribution in [0.15, 0.2) is 63.8 Å². The molecule has 3 heteroatoms. The van der Waals surface area contributed by atoms with Crippen LogP contribution >= 0.6 is 0 Å². The first-order valence-electron chi connectivity index (χ1n) is 6.30.